The molecule has 1 amide bonds. The topological polar surface area (TPSA) is 63.5 Å². The first-order chi connectivity index (χ1) is 15.1. The standard InChI is InChI=1S/C23H33N5O2S/c1-18(2)16-28-22(27-11-13-30-14-12-27)24-25-23(28)31-17-19-7-6-8-20(15-19)21(29)26-9-4-3-5-10-26/h6-8,15,18H,3-5,9-14,16-17H2,1-2H3. The SMILES string of the molecule is CC(C)Cn1c(SCc2cccc(C(=O)N3CCCCC3)c2)nnc1N1CCOCC1. The summed E-state index contributed by atoms with van der Waals surface area (Å²) in [6, 6.07) is 8.05. The number of rotatable bonds is 7. The van der Waals surface area contributed by atoms with Gasteiger partial charge in [-0.1, -0.05) is 37.7 Å². The zero-order valence-electron chi connectivity index (χ0n) is 18.6. The van der Waals surface area contributed by atoms with Gasteiger partial charge in [-0.3, -0.25) is 9.36 Å². The van der Waals surface area contributed by atoms with E-state index in [1.165, 1.54) is 6.42 Å². The monoisotopic (exact) mass is 443 g/mol. The van der Waals surface area contributed by atoms with Gasteiger partial charge in [0.25, 0.3) is 5.91 Å². The predicted octanol–water partition coefficient (Wildman–Crippen LogP) is 3.69. The zero-order chi connectivity index (χ0) is 21.6. The minimum absolute atomic E-state index is 0.157. The third kappa shape index (κ3) is 5.60. The number of benzene rings is 1. The lowest BCUT2D eigenvalue weighted by atomic mass is 10.1. The largest absolute Gasteiger partial charge is 0.378 e. The van der Waals surface area contributed by atoms with Crippen LogP contribution >= 0.6 is 11.8 Å². The molecule has 31 heavy (non-hydrogen) atoms. The number of aromatic nitrogens is 3. The lowest BCUT2D eigenvalue weighted by Crippen LogP contribution is -2.38. The van der Waals surface area contributed by atoms with Crippen LogP contribution in [0.2, 0.25) is 0 Å². The van der Waals surface area contributed by atoms with E-state index in [0.717, 1.165) is 86.8 Å². The van der Waals surface area contributed by atoms with Gasteiger partial charge in [-0.2, -0.15) is 0 Å². The van der Waals surface area contributed by atoms with E-state index < -0.39 is 0 Å². The minimum Gasteiger partial charge on any atom is -0.378 e. The molecule has 0 N–H and O–H groups in total. The molecular weight excluding hydrogens is 410 g/mol. The van der Waals surface area contributed by atoms with E-state index >= 15 is 0 Å². The number of morpholine rings is 1. The van der Waals surface area contributed by atoms with Crippen LogP contribution in [0.4, 0.5) is 5.95 Å². The first kappa shape index (κ1) is 22.1. The third-order valence-electron chi connectivity index (χ3n) is 5.72. The van der Waals surface area contributed by atoms with Crippen LogP contribution in [-0.2, 0) is 17.0 Å². The second-order valence-corrected chi connectivity index (χ2v) is 9.67. The van der Waals surface area contributed by atoms with E-state index in [1.54, 1.807) is 11.8 Å². The van der Waals surface area contributed by atoms with E-state index in [4.69, 9.17) is 4.74 Å². The van der Waals surface area contributed by atoms with Gasteiger partial charge in [0, 0.05) is 44.0 Å². The molecular formula is C23H33N5O2S. The average Bonchev–Trinajstić information content (AvgIpc) is 3.20. The number of hydrogen-bond donors (Lipinski definition) is 0. The molecule has 8 heteroatoms. The van der Waals surface area contributed by atoms with Gasteiger partial charge in [0.2, 0.25) is 5.95 Å². The lowest BCUT2D eigenvalue weighted by Gasteiger charge is -2.28. The molecule has 1 aromatic heterocycles. The number of thioether (sulfide) groups is 1. The molecule has 168 valence electrons. The molecule has 0 spiro atoms. The number of piperidine rings is 1. The first-order valence-electron chi connectivity index (χ1n) is 11.4. The fraction of sp³-hybridized carbons (Fsp3) is 0.609. The van der Waals surface area contributed by atoms with Crippen molar-refractivity contribution >= 4 is 23.6 Å². The Morgan fingerprint density at radius 1 is 1.10 bits per heavy atom. The van der Waals surface area contributed by atoms with Gasteiger partial charge < -0.3 is 14.5 Å². The quantitative estimate of drug-likeness (QED) is 0.608. The van der Waals surface area contributed by atoms with Gasteiger partial charge >= 0.3 is 0 Å². The second kappa shape index (κ2) is 10.5. The van der Waals surface area contributed by atoms with Crippen molar-refractivity contribution in [3.8, 4) is 0 Å². The Balaban J connectivity index is 1.46. The summed E-state index contributed by atoms with van der Waals surface area (Å²) in [6.45, 7) is 10.2. The number of carbonyl (C=O) groups is 1. The van der Waals surface area contributed by atoms with Crippen LogP contribution in [0.1, 0.15) is 49.0 Å². The summed E-state index contributed by atoms with van der Waals surface area (Å²) in [6.07, 6.45) is 3.44. The molecule has 2 fully saturated rings. The number of anilines is 1. The van der Waals surface area contributed by atoms with E-state index in [0.29, 0.717) is 5.92 Å². The van der Waals surface area contributed by atoms with Crippen LogP contribution in [0, 0.1) is 5.92 Å². The Morgan fingerprint density at radius 2 is 1.87 bits per heavy atom. The van der Waals surface area contributed by atoms with Crippen molar-refractivity contribution < 1.29 is 9.53 Å². The Kier molecular flexibility index (Phi) is 7.50. The van der Waals surface area contributed by atoms with Crippen molar-refractivity contribution in [2.45, 2.75) is 50.6 Å². The number of nitrogens with zero attached hydrogens (tertiary/aromatic N) is 5. The molecule has 0 atom stereocenters. The fourth-order valence-corrected chi connectivity index (χ4v) is 5.02. The molecule has 2 aromatic rings. The summed E-state index contributed by atoms with van der Waals surface area (Å²) in [5.41, 5.74) is 1.93. The minimum atomic E-state index is 0.157. The maximum atomic E-state index is 12.9. The molecule has 4 rings (SSSR count). The van der Waals surface area contributed by atoms with Crippen LogP contribution in [0.3, 0.4) is 0 Å². The highest BCUT2D eigenvalue weighted by Gasteiger charge is 2.22. The summed E-state index contributed by atoms with van der Waals surface area (Å²) in [5, 5.41) is 9.96. The summed E-state index contributed by atoms with van der Waals surface area (Å²) < 4.78 is 7.73. The fourth-order valence-electron chi connectivity index (χ4n) is 4.13. The molecule has 0 aliphatic carbocycles. The van der Waals surface area contributed by atoms with Gasteiger partial charge in [0.1, 0.15) is 0 Å². The molecule has 0 bridgehead atoms. The van der Waals surface area contributed by atoms with Gasteiger partial charge in [0.05, 0.1) is 13.2 Å². The Hall–Kier alpha value is -2.06. The van der Waals surface area contributed by atoms with Gasteiger partial charge in [-0.15, -0.1) is 10.2 Å². The first-order valence-corrected chi connectivity index (χ1v) is 12.4. The van der Waals surface area contributed by atoms with Gasteiger partial charge in [0.15, 0.2) is 5.16 Å². The number of carbonyl (C=O) groups excluding carboxylic acids is 1. The molecule has 0 unspecified atom stereocenters. The number of amides is 1. The molecule has 7 nitrogen and oxygen atoms in total. The Labute approximate surface area is 189 Å². The highest BCUT2D eigenvalue weighted by atomic mass is 32.2. The van der Waals surface area contributed by atoms with E-state index in [9.17, 15) is 4.79 Å². The van der Waals surface area contributed by atoms with Crippen LogP contribution in [0.5, 0.6) is 0 Å². The smallest absolute Gasteiger partial charge is 0.253 e. The van der Waals surface area contributed by atoms with E-state index in [2.05, 4.69) is 39.6 Å². The Morgan fingerprint density at radius 3 is 2.61 bits per heavy atom. The molecule has 2 saturated heterocycles. The molecule has 0 saturated carbocycles. The van der Waals surface area contributed by atoms with Crippen molar-refractivity contribution in [1.29, 1.82) is 0 Å². The molecule has 0 radical (unpaired) electrons. The van der Waals surface area contributed by atoms with Crippen molar-refractivity contribution in [3.63, 3.8) is 0 Å². The maximum absolute atomic E-state index is 12.9. The van der Waals surface area contributed by atoms with Crippen LogP contribution in [-0.4, -0.2) is 65.0 Å². The summed E-state index contributed by atoms with van der Waals surface area (Å²) in [7, 11) is 0. The molecule has 3 heterocycles. The predicted molar refractivity (Wildman–Crippen MR) is 124 cm³/mol. The van der Waals surface area contributed by atoms with Gasteiger partial charge in [-0.05, 0) is 42.9 Å². The summed E-state index contributed by atoms with van der Waals surface area (Å²) in [5.74, 6) is 2.36. The number of ether oxygens (including phenoxy) is 1. The molecule has 2 aliphatic rings. The second-order valence-electron chi connectivity index (χ2n) is 8.73. The maximum Gasteiger partial charge on any atom is 0.253 e. The normalized spacial score (nSPS) is 17.4. The highest BCUT2D eigenvalue weighted by Crippen LogP contribution is 2.27. The zero-order valence-corrected chi connectivity index (χ0v) is 19.4. The molecule has 2 aliphatic heterocycles. The van der Waals surface area contributed by atoms with Crippen LogP contribution in [0.15, 0.2) is 29.4 Å². The van der Waals surface area contributed by atoms with Crippen molar-refractivity contribution in [2.24, 2.45) is 5.92 Å². The summed E-state index contributed by atoms with van der Waals surface area (Å²) >= 11 is 1.69. The van der Waals surface area contributed by atoms with E-state index in [-0.39, 0.29) is 5.91 Å². The molecule has 1 aromatic carbocycles. The van der Waals surface area contributed by atoms with Crippen molar-refractivity contribution in [1.82, 2.24) is 19.7 Å². The summed E-state index contributed by atoms with van der Waals surface area (Å²) in [4.78, 5) is 17.1. The van der Waals surface area contributed by atoms with Crippen molar-refractivity contribution in [3.05, 3.63) is 35.4 Å². The average molecular weight is 444 g/mol. The number of hydrogen-bond acceptors (Lipinski definition) is 6. The third-order valence-corrected chi connectivity index (χ3v) is 6.76. The van der Waals surface area contributed by atoms with Crippen LogP contribution in [0.25, 0.3) is 0 Å². The lowest BCUT2D eigenvalue weighted by molar-refractivity contribution is 0.0724. The Bertz CT molecular complexity index is 873. The van der Waals surface area contributed by atoms with E-state index in [1.807, 2.05) is 23.1 Å². The number of likely N-dealkylation sites (tertiary alicyclic amines) is 1. The van der Waals surface area contributed by atoms with Crippen molar-refractivity contribution in [2.75, 3.05) is 44.3 Å². The van der Waals surface area contributed by atoms with Gasteiger partial charge in [-0.25, -0.2) is 0 Å². The highest BCUT2D eigenvalue weighted by molar-refractivity contribution is 7.98. The van der Waals surface area contributed by atoms with Crippen LogP contribution < -0.4 is 4.90 Å².